The number of hydrogen-bond donors (Lipinski definition) is 1. The van der Waals surface area contributed by atoms with Gasteiger partial charge < -0.3 is 10.2 Å². The van der Waals surface area contributed by atoms with E-state index in [-0.39, 0.29) is 23.8 Å². The van der Waals surface area contributed by atoms with Crippen molar-refractivity contribution in [1.82, 2.24) is 10.2 Å². The lowest BCUT2D eigenvalue weighted by Crippen LogP contribution is -2.53. The summed E-state index contributed by atoms with van der Waals surface area (Å²) in [6, 6.07) is 29.0. The first-order valence-electron chi connectivity index (χ1n) is 13.5. The Morgan fingerprint density at radius 3 is 2.17 bits per heavy atom. The average Bonchev–Trinajstić information content (AvgIpc) is 2.98. The van der Waals surface area contributed by atoms with Crippen LogP contribution in [0, 0.1) is 13.8 Å². The molecule has 0 heterocycles. The van der Waals surface area contributed by atoms with Crippen molar-refractivity contribution >= 4 is 39.1 Å². The maximum Gasteiger partial charge on any atom is 0.264 e. The van der Waals surface area contributed by atoms with Crippen LogP contribution in [0.3, 0.4) is 0 Å². The number of nitrogens with one attached hydrogen (secondary N) is 1. The zero-order valence-corrected chi connectivity index (χ0v) is 25.4. The fraction of sp³-hybridized carbons (Fsp3) is 0.212. The molecule has 0 radical (unpaired) electrons. The Morgan fingerprint density at radius 2 is 1.52 bits per heavy atom. The van der Waals surface area contributed by atoms with Crippen LogP contribution in [0.15, 0.2) is 108 Å². The summed E-state index contributed by atoms with van der Waals surface area (Å²) < 4.78 is 29.1. The Kier molecular flexibility index (Phi) is 10.0. The van der Waals surface area contributed by atoms with E-state index < -0.39 is 28.5 Å². The van der Waals surface area contributed by atoms with Gasteiger partial charge in [-0.1, -0.05) is 78.3 Å². The number of aryl methyl sites for hydroxylation is 2. The molecule has 42 heavy (non-hydrogen) atoms. The average molecular weight is 604 g/mol. The van der Waals surface area contributed by atoms with Crippen molar-refractivity contribution in [2.24, 2.45) is 0 Å². The third kappa shape index (κ3) is 7.38. The SMILES string of the molecule is CNC(=O)[C@@H](Cc1ccccc1)N(Cc1ccccc1C)C(=O)CN(c1cccc(C)c1)S(=O)(=O)c1ccc(Cl)cc1. The first-order chi connectivity index (χ1) is 20.1. The van der Waals surface area contributed by atoms with E-state index in [1.54, 1.807) is 18.2 Å². The quantitative estimate of drug-likeness (QED) is 0.244. The molecule has 0 aromatic heterocycles. The van der Waals surface area contributed by atoms with Gasteiger partial charge in [0, 0.05) is 25.0 Å². The normalized spacial score (nSPS) is 11.9. The molecule has 0 saturated carbocycles. The summed E-state index contributed by atoms with van der Waals surface area (Å²) in [4.78, 5) is 29.1. The van der Waals surface area contributed by atoms with E-state index in [1.807, 2.05) is 74.5 Å². The van der Waals surface area contributed by atoms with Crippen LogP contribution in [0.1, 0.15) is 22.3 Å². The first kappa shape index (κ1) is 30.8. The fourth-order valence-electron chi connectivity index (χ4n) is 4.74. The van der Waals surface area contributed by atoms with Gasteiger partial charge in [0.15, 0.2) is 0 Å². The summed E-state index contributed by atoms with van der Waals surface area (Å²) in [7, 11) is -2.65. The second-order valence-electron chi connectivity index (χ2n) is 10.1. The third-order valence-electron chi connectivity index (χ3n) is 7.09. The predicted molar refractivity (Wildman–Crippen MR) is 167 cm³/mol. The highest BCUT2D eigenvalue weighted by Gasteiger charge is 2.34. The van der Waals surface area contributed by atoms with E-state index in [0.29, 0.717) is 10.7 Å². The van der Waals surface area contributed by atoms with Gasteiger partial charge in [0.05, 0.1) is 10.6 Å². The standard InChI is InChI=1S/C33H34ClN3O4S/c1-24-10-9-15-29(20-24)37(42(40,41)30-18-16-28(34)17-19-30)23-32(38)36(22-27-14-8-7-11-25(27)2)31(33(39)35-3)21-26-12-5-4-6-13-26/h4-20,31H,21-23H2,1-3H3,(H,35,39)/t31-/m1/s1. The Balaban J connectivity index is 1.80. The molecule has 1 atom stereocenters. The number of hydrogen-bond acceptors (Lipinski definition) is 4. The van der Waals surface area contributed by atoms with E-state index in [4.69, 9.17) is 11.6 Å². The molecule has 2 amide bonds. The smallest absolute Gasteiger partial charge is 0.264 e. The van der Waals surface area contributed by atoms with Crippen molar-refractivity contribution < 1.29 is 18.0 Å². The van der Waals surface area contributed by atoms with E-state index in [0.717, 1.165) is 26.6 Å². The molecule has 218 valence electrons. The van der Waals surface area contributed by atoms with Crippen molar-refractivity contribution in [3.63, 3.8) is 0 Å². The van der Waals surface area contributed by atoms with Gasteiger partial charge in [0.25, 0.3) is 10.0 Å². The van der Waals surface area contributed by atoms with Gasteiger partial charge in [-0.15, -0.1) is 0 Å². The minimum Gasteiger partial charge on any atom is -0.357 e. The summed E-state index contributed by atoms with van der Waals surface area (Å²) in [5.74, 6) is -0.856. The lowest BCUT2D eigenvalue weighted by molar-refractivity contribution is -0.139. The number of benzene rings is 4. The molecule has 9 heteroatoms. The van der Waals surface area contributed by atoms with Crippen molar-refractivity contribution in [2.75, 3.05) is 17.9 Å². The van der Waals surface area contributed by atoms with E-state index in [9.17, 15) is 18.0 Å². The molecule has 7 nitrogen and oxygen atoms in total. The Morgan fingerprint density at radius 1 is 0.857 bits per heavy atom. The number of likely N-dealkylation sites (N-methyl/N-ethyl adjacent to an activating group) is 1. The van der Waals surface area contributed by atoms with Gasteiger partial charge in [0.2, 0.25) is 11.8 Å². The minimum atomic E-state index is -4.18. The van der Waals surface area contributed by atoms with Crippen LogP contribution in [0.4, 0.5) is 5.69 Å². The molecule has 0 fully saturated rings. The molecular formula is C33H34ClN3O4S. The lowest BCUT2D eigenvalue weighted by atomic mass is 10.0. The number of nitrogens with zero attached hydrogens (tertiary/aromatic N) is 2. The molecule has 4 rings (SSSR count). The number of amides is 2. The summed E-state index contributed by atoms with van der Waals surface area (Å²) in [6.07, 6.45) is 0.256. The zero-order chi connectivity index (χ0) is 30.3. The van der Waals surface area contributed by atoms with E-state index in [2.05, 4.69) is 5.32 Å². The van der Waals surface area contributed by atoms with E-state index >= 15 is 0 Å². The Bertz CT molecular complexity index is 1640. The Labute approximate surface area is 252 Å². The summed E-state index contributed by atoms with van der Waals surface area (Å²) >= 11 is 6.03. The van der Waals surface area contributed by atoms with Crippen molar-refractivity contribution in [3.05, 3.63) is 130 Å². The highest BCUT2D eigenvalue weighted by atomic mass is 35.5. The second kappa shape index (κ2) is 13.7. The van der Waals surface area contributed by atoms with Gasteiger partial charge >= 0.3 is 0 Å². The molecule has 4 aromatic rings. The van der Waals surface area contributed by atoms with Crippen LogP contribution in [0.25, 0.3) is 0 Å². The summed E-state index contributed by atoms with van der Waals surface area (Å²) in [5.41, 5.74) is 3.86. The minimum absolute atomic E-state index is 0.00111. The molecule has 0 spiro atoms. The van der Waals surface area contributed by atoms with Crippen molar-refractivity contribution in [2.45, 2.75) is 37.8 Å². The molecule has 0 unspecified atom stereocenters. The zero-order valence-electron chi connectivity index (χ0n) is 23.8. The van der Waals surface area contributed by atoms with Gasteiger partial charge in [-0.3, -0.25) is 13.9 Å². The topological polar surface area (TPSA) is 86.8 Å². The third-order valence-corrected chi connectivity index (χ3v) is 9.13. The number of halogens is 1. The molecule has 0 aliphatic heterocycles. The molecule has 1 N–H and O–H groups in total. The van der Waals surface area contributed by atoms with Gasteiger partial charge in [-0.2, -0.15) is 0 Å². The molecule has 0 aliphatic rings. The maximum atomic E-state index is 14.3. The van der Waals surface area contributed by atoms with Crippen LogP contribution < -0.4 is 9.62 Å². The van der Waals surface area contributed by atoms with Crippen LogP contribution >= 0.6 is 11.6 Å². The molecule has 0 aliphatic carbocycles. The van der Waals surface area contributed by atoms with Gasteiger partial charge in [-0.05, 0) is 72.5 Å². The van der Waals surface area contributed by atoms with Crippen molar-refractivity contribution in [1.29, 1.82) is 0 Å². The van der Waals surface area contributed by atoms with E-state index in [1.165, 1.54) is 36.2 Å². The highest BCUT2D eigenvalue weighted by molar-refractivity contribution is 7.92. The number of rotatable bonds is 11. The first-order valence-corrected chi connectivity index (χ1v) is 15.4. The van der Waals surface area contributed by atoms with Crippen LogP contribution in [-0.2, 0) is 32.6 Å². The van der Waals surface area contributed by atoms with Crippen LogP contribution in [-0.4, -0.2) is 44.8 Å². The number of anilines is 1. The van der Waals surface area contributed by atoms with Crippen molar-refractivity contribution in [3.8, 4) is 0 Å². The predicted octanol–water partition coefficient (Wildman–Crippen LogP) is 5.54. The molecular weight excluding hydrogens is 570 g/mol. The maximum absolute atomic E-state index is 14.3. The monoisotopic (exact) mass is 603 g/mol. The van der Waals surface area contributed by atoms with Crippen LogP contribution in [0.2, 0.25) is 5.02 Å². The fourth-order valence-corrected chi connectivity index (χ4v) is 6.27. The highest BCUT2D eigenvalue weighted by Crippen LogP contribution is 2.27. The number of sulfonamides is 1. The molecule has 0 bridgehead atoms. The van der Waals surface area contributed by atoms with Gasteiger partial charge in [-0.25, -0.2) is 8.42 Å². The Hall–Kier alpha value is -4.14. The number of carbonyl (C=O) groups excluding carboxylic acids is 2. The summed E-state index contributed by atoms with van der Waals surface area (Å²) in [5, 5.41) is 3.09. The number of carbonyl (C=O) groups is 2. The molecule has 4 aromatic carbocycles. The van der Waals surface area contributed by atoms with Gasteiger partial charge in [0.1, 0.15) is 12.6 Å². The largest absolute Gasteiger partial charge is 0.357 e. The summed E-state index contributed by atoms with van der Waals surface area (Å²) in [6.45, 7) is 3.40. The molecule has 0 saturated heterocycles. The second-order valence-corrected chi connectivity index (χ2v) is 12.4. The van der Waals surface area contributed by atoms with Crippen LogP contribution in [0.5, 0.6) is 0 Å². The lowest BCUT2D eigenvalue weighted by Gasteiger charge is -2.34.